The lowest BCUT2D eigenvalue weighted by molar-refractivity contribution is 0.477. The molecule has 0 aliphatic rings. The number of hydrogen-bond donors (Lipinski definition) is 1. The van der Waals surface area contributed by atoms with Crippen molar-refractivity contribution in [3.05, 3.63) is 62.1 Å². The predicted octanol–water partition coefficient (Wildman–Crippen LogP) is 4.03. The zero-order valence-corrected chi connectivity index (χ0v) is 12.6. The highest BCUT2D eigenvalue weighted by Gasteiger charge is 2.14. The molecule has 0 aliphatic carbocycles. The molecular weight excluding hydrogens is 335 g/mol. The summed E-state index contributed by atoms with van der Waals surface area (Å²) < 4.78 is 1.16. The third kappa shape index (κ3) is 2.35. The van der Waals surface area contributed by atoms with E-state index in [1.165, 1.54) is 12.4 Å². The average molecular weight is 342 g/mol. The first-order valence-electron chi connectivity index (χ1n) is 5.83. The van der Waals surface area contributed by atoms with Crippen LogP contribution in [0.4, 0.5) is 0 Å². The molecule has 4 nitrogen and oxygen atoms in total. The number of aromatic nitrogens is 2. The number of fused-ring (bicyclic) bond motifs is 1. The average Bonchev–Trinajstić information content (AvgIpc) is 2.47. The van der Waals surface area contributed by atoms with E-state index in [2.05, 4.69) is 4.98 Å². The first-order valence-corrected chi connectivity index (χ1v) is 6.96. The molecule has 0 aliphatic heterocycles. The monoisotopic (exact) mass is 340 g/mol. The Labute approximate surface area is 134 Å². The van der Waals surface area contributed by atoms with Crippen LogP contribution in [0.1, 0.15) is 0 Å². The van der Waals surface area contributed by atoms with Gasteiger partial charge < -0.3 is 5.11 Å². The van der Waals surface area contributed by atoms with E-state index in [0.29, 0.717) is 16.1 Å². The van der Waals surface area contributed by atoms with E-state index in [1.807, 2.05) is 0 Å². The van der Waals surface area contributed by atoms with E-state index in [4.69, 9.17) is 34.8 Å². The Morgan fingerprint density at radius 1 is 1.10 bits per heavy atom. The molecule has 0 saturated carbocycles. The maximum Gasteiger partial charge on any atom is 0.265 e. The second-order valence-corrected chi connectivity index (χ2v) is 5.54. The van der Waals surface area contributed by atoms with Crippen molar-refractivity contribution in [2.75, 3.05) is 0 Å². The Kier molecular flexibility index (Phi) is 3.53. The zero-order valence-electron chi connectivity index (χ0n) is 10.3. The van der Waals surface area contributed by atoms with Crippen molar-refractivity contribution in [2.45, 2.75) is 0 Å². The minimum absolute atomic E-state index is 0.0391. The van der Waals surface area contributed by atoms with Crippen molar-refractivity contribution in [3.63, 3.8) is 0 Å². The highest BCUT2D eigenvalue weighted by atomic mass is 35.5. The van der Waals surface area contributed by atoms with Crippen molar-refractivity contribution in [1.29, 1.82) is 0 Å². The molecule has 3 rings (SSSR count). The van der Waals surface area contributed by atoms with Crippen LogP contribution in [0.5, 0.6) is 5.75 Å². The number of halogens is 3. The van der Waals surface area contributed by atoms with Gasteiger partial charge in [0.25, 0.3) is 5.56 Å². The van der Waals surface area contributed by atoms with Crippen molar-refractivity contribution < 1.29 is 5.11 Å². The molecular formula is C14H7Cl3N2O2. The van der Waals surface area contributed by atoms with Crippen LogP contribution < -0.4 is 5.56 Å². The molecule has 0 spiro atoms. The lowest BCUT2D eigenvalue weighted by Crippen LogP contribution is -2.16. The Balaban J connectivity index is 2.33. The lowest BCUT2D eigenvalue weighted by atomic mass is 10.1. The maximum absolute atomic E-state index is 12.5. The van der Waals surface area contributed by atoms with Crippen LogP contribution in [-0.2, 0) is 0 Å². The van der Waals surface area contributed by atoms with Crippen molar-refractivity contribution in [3.8, 4) is 16.9 Å². The summed E-state index contributed by atoms with van der Waals surface area (Å²) in [6.45, 7) is 0. The first kappa shape index (κ1) is 14.2. The summed E-state index contributed by atoms with van der Waals surface area (Å²) in [6, 6.07) is 6.78. The van der Waals surface area contributed by atoms with Crippen LogP contribution in [0.15, 0.2) is 41.5 Å². The second kappa shape index (κ2) is 5.22. The fourth-order valence-electron chi connectivity index (χ4n) is 1.97. The van der Waals surface area contributed by atoms with E-state index in [0.717, 1.165) is 4.40 Å². The Bertz CT molecular complexity index is 905. The van der Waals surface area contributed by atoms with Crippen LogP contribution in [0.25, 0.3) is 16.8 Å². The van der Waals surface area contributed by atoms with Crippen LogP contribution in [0.3, 0.4) is 0 Å². The van der Waals surface area contributed by atoms with Gasteiger partial charge >= 0.3 is 0 Å². The Morgan fingerprint density at radius 3 is 2.43 bits per heavy atom. The molecule has 0 amide bonds. The molecule has 7 heteroatoms. The maximum atomic E-state index is 12.5. The van der Waals surface area contributed by atoms with E-state index in [1.54, 1.807) is 24.3 Å². The Hall–Kier alpha value is -1.75. The van der Waals surface area contributed by atoms with Crippen LogP contribution in [0, 0.1) is 0 Å². The quantitative estimate of drug-likeness (QED) is 0.727. The van der Waals surface area contributed by atoms with Gasteiger partial charge in [-0.15, -0.1) is 0 Å². The van der Waals surface area contributed by atoms with E-state index < -0.39 is 0 Å². The van der Waals surface area contributed by atoms with Gasteiger partial charge in [-0.3, -0.25) is 9.20 Å². The molecule has 0 bridgehead atoms. The standard InChI is InChI=1S/C14H7Cl3N2O2/c15-8-3-1-7(2-4-8)9-5-18-13-12(20)11(17)10(16)6-19(13)14(9)21/h1-6,20H. The summed E-state index contributed by atoms with van der Waals surface area (Å²) in [4.78, 5) is 16.6. The van der Waals surface area contributed by atoms with E-state index in [9.17, 15) is 9.90 Å². The topological polar surface area (TPSA) is 54.6 Å². The summed E-state index contributed by atoms with van der Waals surface area (Å²) in [6.07, 6.45) is 2.71. The van der Waals surface area contributed by atoms with Crippen LogP contribution in [-0.4, -0.2) is 14.5 Å². The molecule has 1 aromatic carbocycles. The number of nitrogens with zero attached hydrogens (tertiary/aromatic N) is 2. The van der Waals surface area contributed by atoms with Gasteiger partial charge in [-0.2, -0.15) is 0 Å². The normalized spacial score (nSPS) is 11.0. The van der Waals surface area contributed by atoms with Gasteiger partial charge in [0, 0.05) is 17.4 Å². The molecule has 2 aromatic heterocycles. The van der Waals surface area contributed by atoms with E-state index in [-0.39, 0.29) is 27.0 Å². The van der Waals surface area contributed by atoms with Gasteiger partial charge in [-0.05, 0) is 17.7 Å². The second-order valence-electron chi connectivity index (χ2n) is 4.32. The van der Waals surface area contributed by atoms with Crippen molar-refractivity contribution >= 4 is 40.4 Å². The molecule has 3 aromatic rings. The molecule has 0 unspecified atom stereocenters. The highest BCUT2D eigenvalue weighted by molar-refractivity contribution is 6.43. The SMILES string of the molecule is O=c1c(-c2ccc(Cl)cc2)cnc2c(O)c(Cl)c(Cl)cn12. The van der Waals surface area contributed by atoms with Gasteiger partial charge in [0.15, 0.2) is 11.4 Å². The molecule has 2 heterocycles. The molecule has 0 atom stereocenters. The number of aromatic hydroxyl groups is 1. The fraction of sp³-hybridized carbons (Fsp3) is 0. The third-order valence-corrected chi connectivity index (χ3v) is 4.04. The smallest absolute Gasteiger partial charge is 0.265 e. The van der Waals surface area contributed by atoms with Crippen LogP contribution in [0.2, 0.25) is 15.1 Å². The number of hydrogen-bond acceptors (Lipinski definition) is 3. The largest absolute Gasteiger partial charge is 0.503 e. The summed E-state index contributed by atoms with van der Waals surface area (Å²) in [7, 11) is 0. The molecule has 0 saturated heterocycles. The van der Waals surface area contributed by atoms with Gasteiger partial charge in [0.1, 0.15) is 5.02 Å². The molecule has 0 fully saturated rings. The van der Waals surface area contributed by atoms with Gasteiger partial charge in [-0.1, -0.05) is 46.9 Å². The third-order valence-electron chi connectivity index (χ3n) is 3.02. The van der Waals surface area contributed by atoms with Crippen molar-refractivity contribution in [2.24, 2.45) is 0 Å². The Morgan fingerprint density at radius 2 is 1.76 bits per heavy atom. The number of pyridine rings is 1. The van der Waals surface area contributed by atoms with Gasteiger partial charge in [0.2, 0.25) is 0 Å². The number of rotatable bonds is 1. The summed E-state index contributed by atoms with van der Waals surface area (Å²) in [5.41, 5.74) is 0.710. The lowest BCUT2D eigenvalue weighted by Gasteiger charge is -2.08. The highest BCUT2D eigenvalue weighted by Crippen LogP contribution is 2.33. The minimum Gasteiger partial charge on any atom is -0.503 e. The van der Waals surface area contributed by atoms with E-state index >= 15 is 0 Å². The molecule has 21 heavy (non-hydrogen) atoms. The predicted molar refractivity (Wildman–Crippen MR) is 83.6 cm³/mol. The van der Waals surface area contributed by atoms with Gasteiger partial charge in [-0.25, -0.2) is 4.98 Å². The molecule has 106 valence electrons. The summed E-state index contributed by atoms with van der Waals surface area (Å²) >= 11 is 17.5. The summed E-state index contributed by atoms with van der Waals surface area (Å²) in [5, 5.41) is 10.5. The molecule has 0 radical (unpaired) electrons. The van der Waals surface area contributed by atoms with Gasteiger partial charge in [0.05, 0.1) is 10.6 Å². The van der Waals surface area contributed by atoms with Crippen molar-refractivity contribution in [1.82, 2.24) is 9.38 Å². The molecule has 1 N–H and O–H groups in total. The minimum atomic E-state index is -0.365. The van der Waals surface area contributed by atoms with Crippen LogP contribution >= 0.6 is 34.8 Å². The summed E-state index contributed by atoms with van der Waals surface area (Å²) in [5.74, 6) is -0.330. The fourth-order valence-corrected chi connectivity index (χ4v) is 2.42. The first-order chi connectivity index (χ1) is 9.99. The number of benzene rings is 1. The zero-order chi connectivity index (χ0) is 15.1.